The number of hydrogen-bond donors (Lipinski definition) is 1. The summed E-state index contributed by atoms with van der Waals surface area (Å²) in [6.07, 6.45) is 3.04. The van der Waals surface area contributed by atoms with Crippen molar-refractivity contribution < 1.29 is 24.2 Å². The molecule has 0 bridgehead atoms. The fourth-order valence-corrected chi connectivity index (χ4v) is 6.07. The van der Waals surface area contributed by atoms with Gasteiger partial charge in [0.1, 0.15) is 0 Å². The molecule has 3 heterocycles. The number of imide groups is 1. The Morgan fingerprint density at radius 3 is 2.00 bits per heavy atom. The molecule has 0 aliphatic carbocycles. The number of carbonyl (C=O) groups excluding carboxylic acids is 2. The molecule has 40 heavy (non-hydrogen) atoms. The molecule has 3 aliphatic heterocycles. The number of hydrogen-bond acceptors (Lipinski definition) is 6. The predicted molar refractivity (Wildman–Crippen MR) is 150 cm³/mol. The van der Waals surface area contributed by atoms with Crippen molar-refractivity contribution in [2.45, 2.75) is 57.8 Å². The highest BCUT2D eigenvalue weighted by Gasteiger charge is 2.39. The van der Waals surface area contributed by atoms with Crippen molar-refractivity contribution >= 4 is 11.8 Å². The van der Waals surface area contributed by atoms with Crippen molar-refractivity contribution in [3.63, 3.8) is 0 Å². The van der Waals surface area contributed by atoms with Gasteiger partial charge in [-0.3, -0.25) is 14.5 Å². The number of aliphatic hydroxyl groups is 1. The molecule has 0 saturated carbocycles. The second-order valence-corrected chi connectivity index (χ2v) is 11.2. The Bertz CT molecular complexity index is 1320. The summed E-state index contributed by atoms with van der Waals surface area (Å²) >= 11 is 0. The molecule has 7 heteroatoms. The molecule has 3 aliphatic rings. The second kappa shape index (κ2) is 11.6. The lowest BCUT2D eigenvalue weighted by Gasteiger charge is -2.43. The number of benzene rings is 3. The molecule has 3 aromatic carbocycles. The fourth-order valence-electron chi connectivity index (χ4n) is 6.07. The van der Waals surface area contributed by atoms with Gasteiger partial charge in [0.2, 0.25) is 0 Å². The van der Waals surface area contributed by atoms with Crippen LogP contribution in [0.25, 0.3) is 0 Å². The summed E-state index contributed by atoms with van der Waals surface area (Å²) in [6, 6.07) is 22.7. The highest BCUT2D eigenvalue weighted by atomic mass is 16.7. The van der Waals surface area contributed by atoms with E-state index in [-0.39, 0.29) is 43.1 Å². The van der Waals surface area contributed by atoms with E-state index in [2.05, 4.69) is 11.8 Å². The van der Waals surface area contributed by atoms with Crippen LogP contribution in [0, 0.1) is 5.92 Å². The molecule has 4 atom stereocenters. The van der Waals surface area contributed by atoms with E-state index in [9.17, 15) is 14.7 Å². The molecule has 0 spiro atoms. The van der Waals surface area contributed by atoms with Crippen molar-refractivity contribution in [1.82, 2.24) is 9.80 Å². The molecule has 2 saturated heterocycles. The van der Waals surface area contributed by atoms with Crippen LogP contribution in [0.3, 0.4) is 0 Å². The zero-order valence-electron chi connectivity index (χ0n) is 22.9. The highest BCUT2D eigenvalue weighted by molar-refractivity contribution is 6.21. The molecule has 0 aromatic heterocycles. The van der Waals surface area contributed by atoms with Crippen LogP contribution in [-0.2, 0) is 22.6 Å². The zero-order valence-corrected chi connectivity index (χ0v) is 22.9. The van der Waals surface area contributed by atoms with Gasteiger partial charge in [0.05, 0.1) is 36.5 Å². The van der Waals surface area contributed by atoms with Gasteiger partial charge in [-0.25, -0.2) is 0 Å². The summed E-state index contributed by atoms with van der Waals surface area (Å²) in [4.78, 5) is 29.4. The maximum Gasteiger partial charge on any atom is 0.261 e. The van der Waals surface area contributed by atoms with Crippen molar-refractivity contribution in [3.8, 4) is 0 Å². The summed E-state index contributed by atoms with van der Waals surface area (Å²) < 4.78 is 13.2. The van der Waals surface area contributed by atoms with E-state index in [0.717, 1.165) is 41.9 Å². The van der Waals surface area contributed by atoms with Gasteiger partial charge < -0.3 is 19.5 Å². The first-order valence-corrected chi connectivity index (χ1v) is 14.3. The van der Waals surface area contributed by atoms with Crippen molar-refractivity contribution in [2.24, 2.45) is 5.92 Å². The number of piperidine rings is 1. The van der Waals surface area contributed by atoms with E-state index in [1.165, 1.54) is 24.2 Å². The van der Waals surface area contributed by atoms with Crippen molar-refractivity contribution in [2.75, 3.05) is 19.6 Å². The predicted octanol–water partition coefficient (Wildman–Crippen LogP) is 5.25. The molecular weight excluding hydrogens is 504 g/mol. The molecule has 6 rings (SSSR count). The van der Waals surface area contributed by atoms with Gasteiger partial charge in [-0.1, -0.05) is 74.0 Å². The van der Waals surface area contributed by atoms with Gasteiger partial charge in [0.15, 0.2) is 6.29 Å². The summed E-state index contributed by atoms with van der Waals surface area (Å²) in [5.41, 5.74) is 4.63. The minimum atomic E-state index is -0.540. The molecular formula is C33H36N2O5. The van der Waals surface area contributed by atoms with Gasteiger partial charge in [-0.15, -0.1) is 0 Å². The third-order valence-electron chi connectivity index (χ3n) is 8.48. The number of fused-ring (bicyclic) bond motifs is 1. The number of carbonyl (C=O) groups is 2. The first kappa shape index (κ1) is 26.8. The summed E-state index contributed by atoms with van der Waals surface area (Å²) in [5, 5.41) is 9.50. The fraction of sp³-hybridized carbons (Fsp3) is 0.394. The van der Waals surface area contributed by atoms with E-state index >= 15 is 0 Å². The van der Waals surface area contributed by atoms with Crippen molar-refractivity contribution in [3.05, 3.63) is 106 Å². The van der Waals surface area contributed by atoms with Crippen LogP contribution < -0.4 is 0 Å². The van der Waals surface area contributed by atoms with Crippen LogP contribution in [0.2, 0.25) is 0 Å². The summed E-state index contributed by atoms with van der Waals surface area (Å²) in [5.74, 6) is -0.368. The molecule has 2 amide bonds. The number of ether oxygens (including phenoxy) is 2. The minimum absolute atomic E-state index is 0.00241. The molecule has 3 aromatic rings. The van der Waals surface area contributed by atoms with Gasteiger partial charge in [0, 0.05) is 18.0 Å². The lowest BCUT2D eigenvalue weighted by molar-refractivity contribution is -0.276. The Morgan fingerprint density at radius 2 is 1.38 bits per heavy atom. The van der Waals surface area contributed by atoms with E-state index in [1.54, 1.807) is 24.3 Å². The first-order chi connectivity index (χ1) is 19.5. The largest absolute Gasteiger partial charge is 0.392 e. The lowest BCUT2D eigenvalue weighted by Crippen LogP contribution is -2.45. The van der Waals surface area contributed by atoms with E-state index in [1.807, 2.05) is 48.5 Å². The van der Waals surface area contributed by atoms with Crippen molar-refractivity contribution in [1.29, 1.82) is 0 Å². The standard InChI is InChI=1S/C33H36N2O5/c1-22-29(20-34-17-5-2-6-18-34)39-33(40-30(22)25-13-11-24(21-36)12-14-25)26-15-9-23(10-16-26)19-35-31(37)27-7-3-4-8-28(27)32(35)38/h3-4,7-16,22,29-30,33,36H,2,5-6,17-21H2,1H3/t22-,29+,30+,33+/m0/s1. The molecule has 7 nitrogen and oxygen atoms in total. The zero-order chi connectivity index (χ0) is 27.6. The van der Waals surface area contributed by atoms with Gasteiger partial charge in [-0.05, 0) is 54.8 Å². The molecule has 0 unspecified atom stereocenters. The number of amides is 2. The average Bonchev–Trinajstić information content (AvgIpc) is 3.24. The van der Waals surface area contributed by atoms with Crippen LogP contribution >= 0.6 is 0 Å². The normalized spacial score (nSPS) is 25.3. The van der Waals surface area contributed by atoms with E-state index in [0.29, 0.717) is 11.1 Å². The van der Waals surface area contributed by atoms with Crippen LogP contribution in [-0.4, -0.2) is 52.5 Å². The molecule has 208 valence electrons. The molecule has 2 fully saturated rings. The summed E-state index contributed by atoms with van der Waals surface area (Å²) in [7, 11) is 0. The van der Waals surface area contributed by atoms with Gasteiger partial charge in [0.25, 0.3) is 11.8 Å². The van der Waals surface area contributed by atoms with E-state index < -0.39 is 6.29 Å². The third-order valence-corrected chi connectivity index (χ3v) is 8.48. The minimum Gasteiger partial charge on any atom is -0.392 e. The number of nitrogens with zero attached hydrogens (tertiary/aromatic N) is 2. The quantitative estimate of drug-likeness (QED) is 0.413. The monoisotopic (exact) mass is 540 g/mol. The maximum absolute atomic E-state index is 12.8. The maximum atomic E-state index is 12.8. The number of aliphatic hydroxyl groups excluding tert-OH is 1. The SMILES string of the molecule is C[C@H]1[C@@H](CN2CCCCC2)O[C@@H](c2ccc(CN3C(=O)c4ccccc4C3=O)cc2)O[C@H]1c1ccc(CO)cc1. The van der Waals surface area contributed by atoms with Crippen LogP contribution in [0.4, 0.5) is 0 Å². The van der Waals surface area contributed by atoms with Crippen LogP contribution in [0.5, 0.6) is 0 Å². The Balaban J connectivity index is 1.20. The first-order valence-electron chi connectivity index (χ1n) is 14.3. The Morgan fingerprint density at radius 1 is 0.775 bits per heavy atom. The number of rotatable bonds is 7. The van der Waals surface area contributed by atoms with Crippen LogP contribution in [0.1, 0.15) is 81.5 Å². The summed E-state index contributed by atoms with van der Waals surface area (Å²) in [6.45, 7) is 5.48. The number of likely N-dealkylation sites (tertiary alicyclic amines) is 1. The lowest BCUT2D eigenvalue weighted by atomic mass is 9.89. The van der Waals surface area contributed by atoms with E-state index in [4.69, 9.17) is 9.47 Å². The average molecular weight is 541 g/mol. The van der Waals surface area contributed by atoms with Gasteiger partial charge in [-0.2, -0.15) is 0 Å². The molecule has 0 radical (unpaired) electrons. The Labute approximate surface area is 235 Å². The Hall–Kier alpha value is -3.36. The highest BCUT2D eigenvalue weighted by Crippen LogP contribution is 2.42. The molecule has 1 N–H and O–H groups in total. The van der Waals surface area contributed by atoms with Crippen LogP contribution in [0.15, 0.2) is 72.8 Å². The smallest absolute Gasteiger partial charge is 0.261 e. The third kappa shape index (κ3) is 5.34. The Kier molecular flexibility index (Phi) is 7.80. The topological polar surface area (TPSA) is 79.3 Å². The van der Waals surface area contributed by atoms with Gasteiger partial charge >= 0.3 is 0 Å². The second-order valence-electron chi connectivity index (χ2n) is 11.2.